The number of hydrogen-bond acceptors (Lipinski definition) is 2. The summed E-state index contributed by atoms with van der Waals surface area (Å²) < 4.78 is 0. The number of benzene rings is 1. The SMILES string of the molecule is SC(c1cnc[nH]1)c1cccc(Cl)c1Cl. The zero-order valence-electron chi connectivity index (χ0n) is 7.61. The van der Waals surface area contributed by atoms with Crippen molar-refractivity contribution >= 4 is 35.8 Å². The second-order valence-electron chi connectivity index (χ2n) is 3.05. The van der Waals surface area contributed by atoms with Crippen LogP contribution < -0.4 is 0 Å². The maximum atomic E-state index is 6.09. The summed E-state index contributed by atoms with van der Waals surface area (Å²) in [6.07, 6.45) is 3.33. The van der Waals surface area contributed by atoms with Crippen LogP contribution in [-0.4, -0.2) is 9.97 Å². The molecule has 0 aliphatic carbocycles. The van der Waals surface area contributed by atoms with Crippen molar-refractivity contribution in [3.05, 3.63) is 52.0 Å². The first-order valence-corrected chi connectivity index (χ1v) is 5.57. The van der Waals surface area contributed by atoms with Crippen molar-refractivity contribution in [1.29, 1.82) is 0 Å². The highest BCUT2D eigenvalue weighted by atomic mass is 35.5. The maximum absolute atomic E-state index is 6.09. The predicted octanol–water partition coefficient (Wildman–Crippen LogP) is 3.74. The van der Waals surface area contributed by atoms with Crippen LogP contribution >= 0.6 is 35.8 Å². The Balaban J connectivity index is 2.42. The van der Waals surface area contributed by atoms with Crippen molar-refractivity contribution in [2.24, 2.45) is 0 Å². The third kappa shape index (κ3) is 2.14. The standard InChI is InChI=1S/C10H8Cl2N2S/c11-7-3-1-2-6(9(7)12)10(15)8-4-13-5-14-8/h1-5,10,15H,(H,13,14). The van der Waals surface area contributed by atoms with Crippen LogP contribution in [0.5, 0.6) is 0 Å². The number of aromatic amines is 1. The molecule has 0 radical (unpaired) electrons. The number of nitrogens with one attached hydrogen (secondary N) is 1. The van der Waals surface area contributed by atoms with E-state index in [-0.39, 0.29) is 5.25 Å². The molecule has 5 heteroatoms. The number of rotatable bonds is 2. The Morgan fingerprint density at radius 2 is 2.13 bits per heavy atom. The van der Waals surface area contributed by atoms with E-state index in [0.717, 1.165) is 11.3 Å². The van der Waals surface area contributed by atoms with E-state index in [1.807, 2.05) is 12.1 Å². The maximum Gasteiger partial charge on any atom is 0.0922 e. The number of aromatic nitrogens is 2. The van der Waals surface area contributed by atoms with Crippen molar-refractivity contribution in [2.45, 2.75) is 5.25 Å². The van der Waals surface area contributed by atoms with E-state index in [0.29, 0.717) is 10.0 Å². The van der Waals surface area contributed by atoms with Gasteiger partial charge in [0.2, 0.25) is 0 Å². The molecule has 1 atom stereocenters. The molecular weight excluding hydrogens is 251 g/mol. The summed E-state index contributed by atoms with van der Waals surface area (Å²) in [7, 11) is 0. The number of hydrogen-bond donors (Lipinski definition) is 2. The summed E-state index contributed by atoms with van der Waals surface area (Å²) in [5, 5.41) is 0.931. The van der Waals surface area contributed by atoms with Crippen molar-refractivity contribution < 1.29 is 0 Å². The lowest BCUT2D eigenvalue weighted by Crippen LogP contribution is -1.94. The summed E-state index contributed by atoms with van der Waals surface area (Å²) in [6, 6.07) is 5.50. The molecule has 1 aromatic heterocycles. The van der Waals surface area contributed by atoms with Crippen molar-refractivity contribution in [3.8, 4) is 0 Å². The topological polar surface area (TPSA) is 28.7 Å². The minimum absolute atomic E-state index is 0.140. The number of halogens is 2. The normalized spacial score (nSPS) is 12.7. The van der Waals surface area contributed by atoms with Crippen molar-refractivity contribution in [2.75, 3.05) is 0 Å². The summed E-state index contributed by atoms with van der Waals surface area (Å²) in [4.78, 5) is 6.93. The molecule has 0 amide bonds. The predicted molar refractivity (Wildman–Crippen MR) is 65.9 cm³/mol. The summed E-state index contributed by atoms with van der Waals surface area (Å²) in [5.41, 5.74) is 1.76. The number of nitrogens with zero attached hydrogens (tertiary/aromatic N) is 1. The molecule has 1 heterocycles. The van der Waals surface area contributed by atoms with Gasteiger partial charge in [0.15, 0.2) is 0 Å². The van der Waals surface area contributed by atoms with E-state index in [9.17, 15) is 0 Å². The molecule has 1 aromatic carbocycles. The first-order valence-electron chi connectivity index (χ1n) is 4.30. The van der Waals surface area contributed by atoms with Gasteiger partial charge in [0.05, 0.1) is 27.3 Å². The second-order valence-corrected chi connectivity index (χ2v) is 4.35. The zero-order valence-corrected chi connectivity index (χ0v) is 10.0. The lowest BCUT2D eigenvalue weighted by molar-refractivity contribution is 1.09. The first kappa shape index (κ1) is 10.9. The lowest BCUT2D eigenvalue weighted by atomic mass is 10.1. The quantitative estimate of drug-likeness (QED) is 0.790. The van der Waals surface area contributed by atoms with Crippen LogP contribution in [0.1, 0.15) is 16.5 Å². The molecule has 0 aliphatic rings. The fourth-order valence-electron chi connectivity index (χ4n) is 1.32. The van der Waals surface area contributed by atoms with E-state index >= 15 is 0 Å². The molecule has 1 N–H and O–H groups in total. The van der Waals surface area contributed by atoms with Crippen LogP contribution in [0.25, 0.3) is 0 Å². The van der Waals surface area contributed by atoms with Gasteiger partial charge >= 0.3 is 0 Å². The van der Waals surface area contributed by atoms with Crippen LogP contribution in [0, 0.1) is 0 Å². The Morgan fingerprint density at radius 1 is 1.33 bits per heavy atom. The third-order valence-electron chi connectivity index (χ3n) is 2.09. The van der Waals surface area contributed by atoms with E-state index in [2.05, 4.69) is 22.6 Å². The summed E-state index contributed by atoms with van der Waals surface area (Å²) >= 11 is 16.5. The second kappa shape index (κ2) is 4.47. The molecule has 0 aliphatic heterocycles. The van der Waals surface area contributed by atoms with Crippen LogP contribution in [0.4, 0.5) is 0 Å². The minimum Gasteiger partial charge on any atom is -0.347 e. The molecule has 2 aromatic rings. The fourth-order valence-corrected chi connectivity index (χ4v) is 2.16. The monoisotopic (exact) mass is 258 g/mol. The average Bonchev–Trinajstić information content (AvgIpc) is 2.74. The Labute approximate surface area is 103 Å². The van der Waals surface area contributed by atoms with Crippen LogP contribution in [-0.2, 0) is 0 Å². The Hall–Kier alpha value is -0.640. The van der Waals surface area contributed by atoms with Gasteiger partial charge in [-0.25, -0.2) is 4.98 Å². The first-order chi connectivity index (χ1) is 7.20. The highest BCUT2D eigenvalue weighted by Crippen LogP contribution is 2.35. The molecule has 0 bridgehead atoms. The largest absolute Gasteiger partial charge is 0.347 e. The number of thiol groups is 1. The van der Waals surface area contributed by atoms with Crippen LogP contribution in [0.2, 0.25) is 10.0 Å². The van der Waals surface area contributed by atoms with Crippen molar-refractivity contribution in [1.82, 2.24) is 9.97 Å². The van der Waals surface area contributed by atoms with E-state index in [4.69, 9.17) is 23.2 Å². The number of imidazole rings is 1. The van der Waals surface area contributed by atoms with Gasteiger partial charge in [-0.05, 0) is 11.6 Å². The molecule has 2 rings (SSSR count). The highest BCUT2D eigenvalue weighted by Gasteiger charge is 2.15. The molecular formula is C10H8Cl2N2S. The molecule has 0 fully saturated rings. The van der Waals surface area contributed by atoms with Gasteiger partial charge in [-0.3, -0.25) is 0 Å². The molecule has 0 saturated heterocycles. The highest BCUT2D eigenvalue weighted by molar-refractivity contribution is 7.80. The van der Waals surface area contributed by atoms with Crippen molar-refractivity contribution in [3.63, 3.8) is 0 Å². The molecule has 0 spiro atoms. The zero-order chi connectivity index (χ0) is 10.8. The van der Waals surface area contributed by atoms with Gasteiger partial charge in [-0.15, -0.1) is 0 Å². The summed E-state index contributed by atoms with van der Waals surface area (Å²) in [6.45, 7) is 0. The molecule has 78 valence electrons. The smallest absolute Gasteiger partial charge is 0.0922 e. The van der Waals surface area contributed by atoms with Gasteiger partial charge in [-0.1, -0.05) is 35.3 Å². The van der Waals surface area contributed by atoms with E-state index in [1.54, 1.807) is 18.6 Å². The van der Waals surface area contributed by atoms with Gasteiger partial charge < -0.3 is 4.98 Å². The van der Waals surface area contributed by atoms with Gasteiger partial charge in [0.25, 0.3) is 0 Å². The van der Waals surface area contributed by atoms with Gasteiger partial charge in [0, 0.05) is 6.20 Å². The summed E-state index contributed by atoms with van der Waals surface area (Å²) in [5.74, 6) is 0. The van der Waals surface area contributed by atoms with Gasteiger partial charge in [-0.2, -0.15) is 12.6 Å². The van der Waals surface area contributed by atoms with E-state index < -0.39 is 0 Å². The fraction of sp³-hybridized carbons (Fsp3) is 0.100. The lowest BCUT2D eigenvalue weighted by Gasteiger charge is -2.11. The van der Waals surface area contributed by atoms with Gasteiger partial charge in [0.1, 0.15) is 0 Å². The van der Waals surface area contributed by atoms with E-state index in [1.165, 1.54) is 0 Å². The molecule has 0 saturated carbocycles. The molecule has 1 unspecified atom stereocenters. The third-order valence-corrected chi connectivity index (χ3v) is 3.48. The Morgan fingerprint density at radius 3 is 2.80 bits per heavy atom. The Bertz CT molecular complexity index is 456. The van der Waals surface area contributed by atoms with Crippen LogP contribution in [0.3, 0.4) is 0 Å². The Kier molecular flexibility index (Phi) is 3.24. The number of H-pyrrole nitrogens is 1. The molecule has 2 nitrogen and oxygen atoms in total. The average molecular weight is 259 g/mol. The van der Waals surface area contributed by atoms with Crippen LogP contribution in [0.15, 0.2) is 30.7 Å². The minimum atomic E-state index is -0.140. The molecule has 15 heavy (non-hydrogen) atoms.